The number of nitrogens with zero attached hydrogens (tertiary/aromatic N) is 1. The van der Waals surface area contributed by atoms with Gasteiger partial charge in [-0.1, -0.05) is 11.6 Å². The Morgan fingerprint density at radius 3 is 2.81 bits per heavy atom. The van der Waals surface area contributed by atoms with E-state index >= 15 is 0 Å². The first-order chi connectivity index (χ1) is 7.61. The quantitative estimate of drug-likeness (QED) is 0.837. The van der Waals surface area contributed by atoms with E-state index in [2.05, 4.69) is 9.97 Å². The Hall–Kier alpha value is -1.81. The number of nitrogens with one attached hydrogen (secondary N) is 1. The molecule has 16 heavy (non-hydrogen) atoms. The number of H-pyrrole nitrogens is 1. The molecule has 4 nitrogen and oxygen atoms in total. The van der Waals surface area contributed by atoms with Gasteiger partial charge in [-0.2, -0.15) is 0 Å². The Kier molecular flexibility index (Phi) is 2.66. The van der Waals surface area contributed by atoms with Gasteiger partial charge in [0.05, 0.1) is 5.02 Å². The maximum Gasteiger partial charge on any atom is 0.265 e. The summed E-state index contributed by atoms with van der Waals surface area (Å²) in [4.78, 5) is 17.9. The van der Waals surface area contributed by atoms with E-state index in [0.29, 0.717) is 10.7 Å². The van der Waals surface area contributed by atoms with Gasteiger partial charge in [-0.05, 0) is 18.6 Å². The summed E-state index contributed by atoms with van der Waals surface area (Å²) in [5.41, 5.74) is 8.12. The van der Waals surface area contributed by atoms with Crippen molar-refractivity contribution in [2.45, 2.75) is 6.92 Å². The highest BCUT2D eigenvalue weighted by Gasteiger charge is 2.14. The van der Waals surface area contributed by atoms with Crippen LogP contribution in [0.1, 0.15) is 16.1 Å². The molecule has 5 heteroatoms. The van der Waals surface area contributed by atoms with Gasteiger partial charge in [0.15, 0.2) is 0 Å². The van der Waals surface area contributed by atoms with E-state index in [1.54, 1.807) is 24.7 Å². The molecular weight excluding hydrogens is 226 g/mol. The molecule has 0 radical (unpaired) electrons. The highest BCUT2D eigenvalue weighted by atomic mass is 35.5. The smallest absolute Gasteiger partial charge is 0.265 e. The summed E-state index contributed by atoms with van der Waals surface area (Å²) < 4.78 is 0. The molecule has 3 N–H and O–H groups in total. The topological polar surface area (TPSA) is 71.8 Å². The van der Waals surface area contributed by atoms with Crippen LogP contribution in [0.15, 0.2) is 24.7 Å². The van der Waals surface area contributed by atoms with Gasteiger partial charge in [-0.25, -0.2) is 0 Å². The molecule has 2 rings (SSSR count). The van der Waals surface area contributed by atoms with Crippen molar-refractivity contribution in [1.29, 1.82) is 0 Å². The number of carbonyl (C=O) groups is 1. The van der Waals surface area contributed by atoms with E-state index in [-0.39, 0.29) is 0 Å². The molecule has 0 saturated carbocycles. The van der Waals surface area contributed by atoms with Crippen LogP contribution >= 0.6 is 11.6 Å². The lowest BCUT2D eigenvalue weighted by Crippen LogP contribution is -2.12. The van der Waals surface area contributed by atoms with E-state index < -0.39 is 5.91 Å². The number of pyridine rings is 1. The number of halogens is 1. The number of nitrogens with two attached hydrogens (primary N) is 1. The van der Waals surface area contributed by atoms with Crippen LogP contribution in [-0.2, 0) is 0 Å². The van der Waals surface area contributed by atoms with Crippen molar-refractivity contribution >= 4 is 17.5 Å². The average Bonchev–Trinajstić information content (AvgIpc) is 2.61. The first-order valence-electron chi connectivity index (χ1n) is 4.69. The van der Waals surface area contributed by atoms with E-state index in [9.17, 15) is 4.79 Å². The fourth-order valence-electron chi connectivity index (χ4n) is 1.62. The Labute approximate surface area is 97.5 Å². The number of carbonyl (C=O) groups excluding carboxylic acids is 1. The van der Waals surface area contributed by atoms with Crippen molar-refractivity contribution in [3.05, 3.63) is 40.9 Å². The molecule has 0 aliphatic rings. The zero-order valence-corrected chi connectivity index (χ0v) is 9.38. The Balaban J connectivity index is 2.58. The van der Waals surface area contributed by atoms with Crippen LogP contribution in [0, 0.1) is 6.92 Å². The highest BCUT2D eigenvalue weighted by molar-refractivity contribution is 6.33. The first kappa shape index (κ1) is 10.7. The lowest BCUT2D eigenvalue weighted by molar-refractivity contribution is 0.0995. The van der Waals surface area contributed by atoms with Crippen molar-refractivity contribution < 1.29 is 4.79 Å². The summed E-state index contributed by atoms with van der Waals surface area (Å²) in [6.07, 6.45) is 4.93. The predicted molar refractivity (Wildman–Crippen MR) is 62.3 cm³/mol. The number of hydrogen-bond acceptors (Lipinski definition) is 2. The van der Waals surface area contributed by atoms with Crippen molar-refractivity contribution in [2.24, 2.45) is 5.73 Å². The molecule has 0 aliphatic heterocycles. The molecule has 0 unspecified atom stereocenters. The second kappa shape index (κ2) is 3.98. The molecule has 0 atom stereocenters. The lowest BCUT2D eigenvalue weighted by atomic mass is 10.1. The minimum Gasteiger partial charge on any atom is -0.364 e. The fourth-order valence-corrected chi connectivity index (χ4v) is 1.85. The minimum atomic E-state index is -0.478. The zero-order chi connectivity index (χ0) is 11.7. The summed E-state index contributed by atoms with van der Waals surface area (Å²) in [5.74, 6) is -0.478. The Morgan fingerprint density at radius 2 is 2.25 bits per heavy atom. The molecule has 0 aromatic carbocycles. The average molecular weight is 236 g/mol. The zero-order valence-electron chi connectivity index (χ0n) is 8.62. The van der Waals surface area contributed by atoms with E-state index in [0.717, 1.165) is 16.7 Å². The molecule has 2 aromatic heterocycles. The van der Waals surface area contributed by atoms with Gasteiger partial charge in [0.25, 0.3) is 5.91 Å². The number of rotatable bonds is 2. The second-order valence-corrected chi connectivity index (χ2v) is 3.83. The van der Waals surface area contributed by atoms with E-state index in [4.69, 9.17) is 17.3 Å². The van der Waals surface area contributed by atoms with Gasteiger partial charge in [-0.15, -0.1) is 0 Å². The van der Waals surface area contributed by atoms with Gasteiger partial charge in [-0.3, -0.25) is 9.78 Å². The van der Waals surface area contributed by atoms with Crippen molar-refractivity contribution in [3.8, 4) is 11.1 Å². The van der Waals surface area contributed by atoms with Crippen molar-refractivity contribution in [3.63, 3.8) is 0 Å². The molecule has 0 aliphatic carbocycles. The second-order valence-electron chi connectivity index (χ2n) is 3.42. The first-order valence-corrected chi connectivity index (χ1v) is 5.06. The van der Waals surface area contributed by atoms with Crippen molar-refractivity contribution in [1.82, 2.24) is 9.97 Å². The summed E-state index contributed by atoms with van der Waals surface area (Å²) in [5, 5.41) is 0.542. The van der Waals surface area contributed by atoms with Gasteiger partial charge >= 0.3 is 0 Å². The van der Waals surface area contributed by atoms with E-state index in [1.807, 2.05) is 6.92 Å². The van der Waals surface area contributed by atoms with Crippen LogP contribution in [-0.4, -0.2) is 15.9 Å². The SMILES string of the molecule is Cc1c(-c2ccncc2Cl)c[nH]c1C(N)=O. The molecule has 0 spiro atoms. The molecule has 1 amide bonds. The maximum absolute atomic E-state index is 11.1. The summed E-state index contributed by atoms with van der Waals surface area (Å²) in [7, 11) is 0. The third kappa shape index (κ3) is 1.67. The molecular formula is C11H10ClN3O. The van der Waals surface area contributed by atoms with Gasteiger partial charge in [0.2, 0.25) is 0 Å². The molecule has 0 saturated heterocycles. The Morgan fingerprint density at radius 1 is 1.50 bits per heavy atom. The van der Waals surface area contributed by atoms with Crippen LogP contribution in [0.5, 0.6) is 0 Å². The summed E-state index contributed by atoms with van der Waals surface area (Å²) >= 11 is 6.03. The van der Waals surface area contributed by atoms with Crippen LogP contribution in [0.2, 0.25) is 5.02 Å². The molecule has 0 bridgehead atoms. The summed E-state index contributed by atoms with van der Waals surface area (Å²) in [6, 6.07) is 1.79. The molecule has 82 valence electrons. The standard InChI is InChI=1S/C11H10ClN3O/c1-6-8(4-15-10(6)11(13)16)7-2-3-14-5-9(7)12/h2-5,15H,1H3,(H2,13,16). The lowest BCUT2D eigenvalue weighted by Gasteiger charge is -2.02. The third-order valence-electron chi connectivity index (χ3n) is 2.45. The van der Waals surface area contributed by atoms with Crippen LogP contribution in [0.25, 0.3) is 11.1 Å². The number of amides is 1. The Bertz CT molecular complexity index is 548. The number of aromatic nitrogens is 2. The van der Waals surface area contributed by atoms with Crippen molar-refractivity contribution in [2.75, 3.05) is 0 Å². The normalized spacial score (nSPS) is 10.4. The minimum absolute atomic E-state index is 0.405. The van der Waals surface area contributed by atoms with Gasteiger partial charge in [0.1, 0.15) is 5.69 Å². The third-order valence-corrected chi connectivity index (χ3v) is 2.75. The van der Waals surface area contributed by atoms with Gasteiger partial charge in [0, 0.05) is 29.7 Å². The molecule has 2 heterocycles. The van der Waals surface area contributed by atoms with Gasteiger partial charge < -0.3 is 10.7 Å². The molecule has 0 fully saturated rings. The largest absolute Gasteiger partial charge is 0.364 e. The highest BCUT2D eigenvalue weighted by Crippen LogP contribution is 2.30. The van der Waals surface area contributed by atoms with Crippen LogP contribution < -0.4 is 5.73 Å². The fraction of sp³-hybridized carbons (Fsp3) is 0.0909. The number of primary amides is 1. The molecule has 2 aromatic rings. The predicted octanol–water partition coefficient (Wildman–Crippen LogP) is 2.14. The number of aromatic amines is 1. The van der Waals surface area contributed by atoms with Crippen LogP contribution in [0.3, 0.4) is 0 Å². The number of hydrogen-bond donors (Lipinski definition) is 2. The van der Waals surface area contributed by atoms with Crippen LogP contribution in [0.4, 0.5) is 0 Å². The van der Waals surface area contributed by atoms with E-state index in [1.165, 1.54) is 0 Å². The monoisotopic (exact) mass is 235 g/mol. The summed E-state index contributed by atoms with van der Waals surface area (Å²) in [6.45, 7) is 1.82. The maximum atomic E-state index is 11.1.